The van der Waals surface area contributed by atoms with Gasteiger partial charge in [0.15, 0.2) is 0 Å². The Morgan fingerprint density at radius 1 is 1.20 bits per heavy atom. The molecule has 0 saturated heterocycles. The van der Waals surface area contributed by atoms with Crippen LogP contribution in [0, 0.1) is 26.6 Å². The zero-order valence-corrected chi connectivity index (χ0v) is 13.0. The molecule has 1 aromatic heterocycles. The van der Waals surface area contributed by atoms with Crippen molar-refractivity contribution in [2.75, 3.05) is 5.32 Å². The van der Waals surface area contributed by atoms with Gasteiger partial charge in [0.2, 0.25) is 0 Å². The molecule has 0 aliphatic carbocycles. The Morgan fingerprint density at radius 3 is 2.50 bits per heavy atom. The van der Waals surface area contributed by atoms with Crippen LogP contribution in [-0.4, -0.2) is 10.9 Å². The number of aryl methyl sites for hydroxylation is 3. The van der Waals surface area contributed by atoms with Gasteiger partial charge in [-0.25, -0.2) is 4.39 Å². The minimum absolute atomic E-state index is 0.260. The molecule has 1 heterocycles. The molecule has 2 rings (SSSR count). The Kier molecular flexibility index (Phi) is 4.18. The van der Waals surface area contributed by atoms with Crippen molar-refractivity contribution < 1.29 is 9.18 Å². The van der Waals surface area contributed by atoms with Crippen molar-refractivity contribution in [1.82, 2.24) is 4.98 Å². The number of hydrogen-bond acceptors (Lipinski definition) is 2. The summed E-state index contributed by atoms with van der Waals surface area (Å²) in [5.41, 5.74) is 3.49. The summed E-state index contributed by atoms with van der Waals surface area (Å²) < 4.78 is 13.8. The van der Waals surface area contributed by atoms with Gasteiger partial charge in [-0.15, -0.1) is 0 Å². The molecule has 0 unspecified atom stereocenters. The minimum atomic E-state index is -0.458. The monoisotopic (exact) mass is 336 g/mol. The average molecular weight is 337 g/mol. The Hall–Kier alpha value is -1.75. The maximum absolute atomic E-state index is 13.3. The largest absolute Gasteiger partial charge is 0.320 e. The number of benzene rings is 1. The molecule has 3 nitrogen and oxygen atoms in total. The molecule has 0 bridgehead atoms. The van der Waals surface area contributed by atoms with Crippen LogP contribution in [0.4, 0.5) is 10.1 Å². The van der Waals surface area contributed by atoms with Crippen molar-refractivity contribution in [3.8, 4) is 0 Å². The molecule has 1 aromatic carbocycles. The first-order chi connectivity index (χ1) is 9.36. The number of hydrogen-bond donors (Lipinski definition) is 1. The van der Waals surface area contributed by atoms with Crippen LogP contribution in [0.5, 0.6) is 0 Å². The highest BCUT2D eigenvalue weighted by molar-refractivity contribution is 9.10. The summed E-state index contributed by atoms with van der Waals surface area (Å²) in [5.74, 6) is -0.818. The number of nitrogens with one attached hydrogen (secondary N) is 1. The lowest BCUT2D eigenvalue weighted by molar-refractivity contribution is 0.102. The van der Waals surface area contributed by atoms with Gasteiger partial charge in [0.1, 0.15) is 5.82 Å². The molecule has 0 radical (unpaired) electrons. The van der Waals surface area contributed by atoms with E-state index in [4.69, 9.17) is 0 Å². The Morgan fingerprint density at radius 2 is 1.90 bits per heavy atom. The molecule has 0 saturated carbocycles. The summed E-state index contributed by atoms with van der Waals surface area (Å²) in [4.78, 5) is 16.5. The van der Waals surface area contributed by atoms with Gasteiger partial charge in [0.05, 0.1) is 11.4 Å². The van der Waals surface area contributed by atoms with Gasteiger partial charge in [-0.05, 0) is 50.6 Å². The molecule has 5 heteroatoms. The van der Waals surface area contributed by atoms with Crippen molar-refractivity contribution >= 4 is 27.5 Å². The van der Waals surface area contributed by atoms with Crippen LogP contribution in [0.2, 0.25) is 0 Å². The fourth-order valence-electron chi connectivity index (χ4n) is 2.08. The number of aromatic nitrogens is 1. The van der Waals surface area contributed by atoms with Crippen LogP contribution >= 0.6 is 15.9 Å². The number of carbonyl (C=O) groups excluding carboxylic acids is 1. The van der Waals surface area contributed by atoms with E-state index in [1.165, 1.54) is 12.1 Å². The fraction of sp³-hybridized carbons (Fsp3) is 0.200. The van der Waals surface area contributed by atoms with Crippen LogP contribution in [0.3, 0.4) is 0 Å². The third-order valence-corrected chi connectivity index (χ3v) is 3.35. The molecule has 104 valence electrons. The lowest BCUT2D eigenvalue weighted by atomic mass is 10.1. The first-order valence-electron chi connectivity index (χ1n) is 6.09. The van der Waals surface area contributed by atoms with E-state index < -0.39 is 5.82 Å². The van der Waals surface area contributed by atoms with E-state index in [2.05, 4.69) is 26.2 Å². The fourth-order valence-corrected chi connectivity index (χ4v) is 2.55. The lowest BCUT2D eigenvalue weighted by Gasteiger charge is -2.12. The zero-order valence-electron chi connectivity index (χ0n) is 11.4. The number of anilines is 1. The highest BCUT2D eigenvalue weighted by Crippen LogP contribution is 2.21. The van der Waals surface area contributed by atoms with Crippen LogP contribution in [0.15, 0.2) is 28.7 Å². The normalized spacial score (nSPS) is 10.4. The van der Waals surface area contributed by atoms with Gasteiger partial charge in [-0.1, -0.05) is 15.9 Å². The standard InChI is InChI=1S/C15H14BrFN2O/c1-8-4-9(2)18-10(3)14(8)19-15(20)11-5-12(16)7-13(17)6-11/h4-7H,1-3H3,(H,19,20). The molecule has 1 N–H and O–H groups in total. The number of nitrogens with zero attached hydrogens (tertiary/aromatic N) is 1. The first kappa shape index (κ1) is 14.7. The molecule has 1 amide bonds. The number of amides is 1. The molecular formula is C15H14BrFN2O. The Bertz CT molecular complexity index is 642. The van der Waals surface area contributed by atoms with Gasteiger partial charge in [0, 0.05) is 15.7 Å². The van der Waals surface area contributed by atoms with Crippen LogP contribution in [0.1, 0.15) is 27.3 Å². The van der Waals surface area contributed by atoms with Gasteiger partial charge < -0.3 is 5.32 Å². The summed E-state index contributed by atoms with van der Waals surface area (Å²) in [6.45, 7) is 5.63. The van der Waals surface area contributed by atoms with Gasteiger partial charge in [-0.2, -0.15) is 0 Å². The van der Waals surface area contributed by atoms with Gasteiger partial charge in [-0.3, -0.25) is 9.78 Å². The maximum atomic E-state index is 13.3. The Labute approximate surface area is 125 Å². The van der Waals surface area contributed by atoms with Crippen molar-refractivity contribution in [2.45, 2.75) is 20.8 Å². The van der Waals surface area contributed by atoms with Crippen LogP contribution < -0.4 is 5.32 Å². The number of rotatable bonds is 2. The first-order valence-corrected chi connectivity index (χ1v) is 6.88. The molecule has 2 aromatic rings. The summed E-state index contributed by atoms with van der Waals surface area (Å²) in [5, 5.41) is 2.79. The summed E-state index contributed by atoms with van der Waals surface area (Å²) in [6.07, 6.45) is 0. The molecule has 0 atom stereocenters. The smallest absolute Gasteiger partial charge is 0.255 e. The van der Waals surface area contributed by atoms with Gasteiger partial charge >= 0.3 is 0 Å². The minimum Gasteiger partial charge on any atom is -0.320 e. The second kappa shape index (κ2) is 5.71. The highest BCUT2D eigenvalue weighted by Gasteiger charge is 2.12. The van der Waals surface area contributed by atoms with E-state index >= 15 is 0 Å². The van der Waals surface area contributed by atoms with E-state index in [1.54, 1.807) is 6.07 Å². The lowest BCUT2D eigenvalue weighted by Crippen LogP contribution is -2.15. The third-order valence-electron chi connectivity index (χ3n) is 2.89. The molecule has 0 spiro atoms. The summed E-state index contributed by atoms with van der Waals surface area (Å²) in [7, 11) is 0. The predicted octanol–water partition coefficient (Wildman–Crippen LogP) is 4.16. The molecule has 20 heavy (non-hydrogen) atoms. The van der Waals surface area contributed by atoms with Crippen molar-refractivity contribution in [3.05, 3.63) is 57.1 Å². The number of carbonyl (C=O) groups is 1. The van der Waals surface area contributed by atoms with E-state index in [9.17, 15) is 9.18 Å². The predicted molar refractivity (Wildman–Crippen MR) is 80.5 cm³/mol. The maximum Gasteiger partial charge on any atom is 0.255 e. The third kappa shape index (κ3) is 3.22. The van der Waals surface area contributed by atoms with Crippen LogP contribution in [0.25, 0.3) is 0 Å². The number of pyridine rings is 1. The van der Waals surface area contributed by atoms with E-state index in [-0.39, 0.29) is 11.5 Å². The molecule has 0 aliphatic rings. The Balaban J connectivity index is 2.32. The average Bonchev–Trinajstić information content (AvgIpc) is 2.32. The second-order valence-electron chi connectivity index (χ2n) is 4.65. The van der Waals surface area contributed by atoms with Crippen molar-refractivity contribution in [1.29, 1.82) is 0 Å². The highest BCUT2D eigenvalue weighted by atomic mass is 79.9. The van der Waals surface area contributed by atoms with E-state index in [0.717, 1.165) is 17.0 Å². The molecular weight excluding hydrogens is 323 g/mol. The summed E-state index contributed by atoms with van der Waals surface area (Å²) >= 11 is 3.17. The van der Waals surface area contributed by atoms with E-state index in [1.807, 2.05) is 26.8 Å². The summed E-state index contributed by atoms with van der Waals surface area (Å²) in [6, 6.07) is 5.97. The number of halogens is 2. The van der Waals surface area contributed by atoms with Crippen LogP contribution in [-0.2, 0) is 0 Å². The van der Waals surface area contributed by atoms with Crippen molar-refractivity contribution in [3.63, 3.8) is 0 Å². The molecule has 0 fully saturated rings. The van der Waals surface area contributed by atoms with Gasteiger partial charge in [0.25, 0.3) is 5.91 Å². The van der Waals surface area contributed by atoms with E-state index in [0.29, 0.717) is 10.2 Å². The zero-order chi connectivity index (χ0) is 14.9. The molecule has 0 aliphatic heterocycles. The SMILES string of the molecule is Cc1cc(C)c(NC(=O)c2cc(F)cc(Br)c2)c(C)n1. The quantitative estimate of drug-likeness (QED) is 0.894. The topological polar surface area (TPSA) is 42.0 Å². The van der Waals surface area contributed by atoms with Crippen molar-refractivity contribution in [2.24, 2.45) is 0 Å². The second-order valence-corrected chi connectivity index (χ2v) is 5.57.